The molecule has 2 atom stereocenters. The number of rotatable bonds is 5. The van der Waals surface area contributed by atoms with E-state index in [2.05, 4.69) is 23.9 Å². The number of nitrogens with zero attached hydrogens (tertiary/aromatic N) is 2. The molecule has 0 saturated heterocycles. The van der Waals surface area contributed by atoms with Gasteiger partial charge in [0.05, 0.1) is 6.61 Å². The van der Waals surface area contributed by atoms with Gasteiger partial charge in [0, 0.05) is 24.7 Å². The molecule has 0 aliphatic heterocycles. The summed E-state index contributed by atoms with van der Waals surface area (Å²) in [4.78, 5) is 4.97. The second-order valence-corrected chi connectivity index (χ2v) is 5.58. The quantitative estimate of drug-likeness (QED) is 0.766. The molecule has 2 aliphatic carbocycles. The minimum absolute atomic E-state index is 0.313. The molecule has 2 aliphatic rings. The van der Waals surface area contributed by atoms with E-state index in [1.165, 1.54) is 38.5 Å². The van der Waals surface area contributed by atoms with E-state index in [9.17, 15) is 5.11 Å². The molecule has 0 radical (unpaired) electrons. The number of likely N-dealkylation sites (N-methyl/N-ethyl adjacent to an activating group) is 1. The molecule has 16 heavy (non-hydrogen) atoms. The van der Waals surface area contributed by atoms with Gasteiger partial charge in [-0.2, -0.15) is 0 Å². The van der Waals surface area contributed by atoms with Crippen molar-refractivity contribution in [2.75, 3.05) is 27.2 Å². The van der Waals surface area contributed by atoms with Gasteiger partial charge < -0.3 is 10.0 Å². The molecule has 0 aromatic heterocycles. The van der Waals surface area contributed by atoms with Crippen LogP contribution in [0.2, 0.25) is 0 Å². The van der Waals surface area contributed by atoms with Gasteiger partial charge in [0.25, 0.3) is 0 Å². The van der Waals surface area contributed by atoms with Crippen LogP contribution < -0.4 is 0 Å². The monoisotopic (exact) mass is 226 g/mol. The molecule has 0 aromatic rings. The van der Waals surface area contributed by atoms with Crippen LogP contribution in [0.5, 0.6) is 0 Å². The number of hydrogen-bond donors (Lipinski definition) is 1. The average Bonchev–Trinajstić information content (AvgIpc) is 3.10. The molecule has 0 bridgehead atoms. The molecule has 3 nitrogen and oxygen atoms in total. The summed E-state index contributed by atoms with van der Waals surface area (Å²) in [6, 6.07) is 2.15. The zero-order chi connectivity index (χ0) is 11.5. The fourth-order valence-electron chi connectivity index (χ4n) is 3.22. The van der Waals surface area contributed by atoms with E-state index in [0.717, 1.165) is 12.6 Å². The summed E-state index contributed by atoms with van der Waals surface area (Å²) >= 11 is 0. The van der Waals surface area contributed by atoms with E-state index in [1.807, 2.05) is 0 Å². The Morgan fingerprint density at radius 3 is 2.12 bits per heavy atom. The van der Waals surface area contributed by atoms with Crippen LogP contribution in [0, 0.1) is 0 Å². The zero-order valence-corrected chi connectivity index (χ0v) is 10.7. The summed E-state index contributed by atoms with van der Waals surface area (Å²) in [5, 5.41) is 9.21. The van der Waals surface area contributed by atoms with Crippen LogP contribution in [0.3, 0.4) is 0 Å². The van der Waals surface area contributed by atoms with Crippen molar-refractivity contribution >= 4 is 0 Å². The van der Waals surface area contributed by atoms with Crippen LogP contribution >= 0.6 is 0 Å². The maximum atomic E-state index is 9.21. The normalized spacial score (nSPS) is 31.3. The minimum Gasteiger partial charge on any atom is -0.395 e. The summed E-state index contributed by atoms with van der Waals surface area (Å²) < 4.78 is 0. The lowest BCUT2D eigenvalue weighted by Gasteiger charge is -2.43. The van der Waals surface area contributed by atoms with Gasteiger partial charge >= 0.3 is 0 Å². The lowest BCUT2D eigenvalue weighted by atomic mass is 9.88. The largest absolute Gasteiger partial charge is 0.395 e. The summed E-state index contributed by atoms with van der Waals surface area (Å²) in [6.07, 6.45) is 8.07. The average molecular weight is 226 g/mol. The first-order chi connectivity index (χ1) is 7.74. The fourth-order valence-corrected chi connectivity index (χ4v) is 3.22. The molecule has 94 valence electrons. The highest BCUT2D eigenvalue weighted by atomic mass is 16.3. The Morgan fingerprint density at radius 1 is 1.00 bits per heavy atom. The molecular weight excluding hydrogens is 200 g/mol. The van der Waals surface area contributed by atoms with Gasteiger partial charge in [-0.05, 0) is 39.8 Å². The van der Waals surface area contributed by atoms with E-state index in [0.29, 0.717) is 18.7 Å². The summed E-state index contributed by atoms with van der Waals surface area (Å²) in [5.74, 6) is 0. The third-order valence-corrected chi connectivity index (χ3v) is 4.16. The zero-order valence-electron chi connectivity index (χ0n) is 10.7. The third kappa shape index (κ3) is 2.76. The molecule has 2 saturated carbocycles. The predicted octanol–water partition coefficient (Wildman–Crippen LogP) is 1.32. The molecule has 0 spiro atoms. The second-order valence-electron chi connectivity index (χ2n) is 5.58. The highest BCUT2D eigenvalue weighted by Crippen LogP contribution is 2.34. The Bertz CT molecular complexity index is 216. The predicted molar refractivity (Wildman–Crippen MR) is 66.5 cm³/mol. The van der Waals surface area contributed by atoms with Crippen molar-refractivity contribution in [1.29, 1.82) is 0 Å². The minimum atomic E-state index is 0.313. The van der Waals surface area contributed by atoms with Gasteiger partial charge in [-0.1, -0.05) is 12.8 Å². The fraction of sp³-hybridized carbons (Fsp3) is 1.00. The van der Waals surface area contributed by atoms with E-state index in [4.69, 9.17) is 0 Å². The van der Waals surface area contributed by atoms with Crippen LogP contribution in [0.1, 0.15) is 38.5 Å². The molecule has 0 amide bonds. The molecule has 0 heterocycles. The molecule has 1 N–H and O–H groups in total. The van der Waals surface area contributed by atoms with Crippen LogP contribution in [-0.4, -0.2) is 60.3 Å². The van der Waals surface area contributed by atoms with E-state index in [1.54, 1.807) is 0 Å². The van der Waals surface area contributed by atoms with Crippen molar-refractivity contribution in [3.63, 3.8) is 0 Å². The Labute approximate surface area is 99.4 Å². The maximum absolute atomic E-state index is 9.21. The van der Waals surface area contributed by atoms with Crippen molar-refractivity contribution in [2.45, 2.75) is 56.7 Å². The molecule has 3 heteroatoms. The van der Waals surface area contributed by atoms with Crippen LogP contribution in [0.15, 0.2) is 0 Å². The Morgan fingerprint density at radius 2 is 1.62 bits per heavy atom. The molecule has 2 fully saturated rings. The van der Waals surface area contributed by atoms with Crippen LogP contribution in [0.4, 0.5) is 0 Å². The molecule has 0 aromatic carbocycles. The van der Waals surface area contributed by atoms with Gasteiger partial charge in [0.2, 0.25) is 0 Å². The Hall–Kier alpha value is -0.120. The molecular formula is C13H26N2O. The van der Waals surface area contributed by atoms with Crippen molar-refractivity contribution in [3.8, 4) is 0 Å². The number of hydrogen-bond acceptors (Lipinski definition) is 3. The highest BCUT2D eigenvalue weighted by Gasteiger charge is 2.38. The summed E-state index contributed by atoms with van der Waals surface area (Å²) in [7, 11) is 4.40. The Balaban J connectivity index is 2.01. The topological polar surface area (TPSA) is 26.7 Å². The maximum Gasteiger partial charge on any atom is 0.0558 e. The SMILES string of the molecule is CN(C)[C@@H]1CCCC[C@H]1N(CCO)C1CC1. The van der Waals surface area contributed by atoms with Crippen molar-refractivity contribution in [2.24, 2.45) is 0 Å². The van der Waals surface area contributed by atoms with E-state index in [-0.39, 0.29) is 0 Å². The van der Waals surface area contributed by atoms with Gasteiger partial charge in [-0.3, -0.25) is 4.90 Å². The van der Waals surface area contributed by atoms with Crippen LogP contribution in [0.25, 0.3) is 0 Å². The lowest BCUT2D eigenvalue weighted by molar-refractivity contribution is 0.0547. The standard InChI is InChI=1S/C13H26N2O/c1-14(2)12-5-3-4-6-13(12)15(9-10-16)11-7-8-11/h11-13,16H,3-10H2,1-2H3/t12-,13-/m1/s1. The van der Waals surface area contributed by atoms with Crippen molar-refractivity contribution in [1.82, 2.24) is 9.80 Å². The van der Waals surface area contributed by atoms with Gasteiger partial charge in [-0.25, -0.2) is 0 Å². The van der Waals surface area contributed by atoms with E-state index >= 15 is 0 Å². The first-order valence-electron chi connectivity index (χ1n) is 6.77. The molecule has 0 unspecified atom stereocenters. The highest BCUT2D eigenvalue weighted by molar-refractivity contribution is 4.95. The van der Waals surface area contributed by atoms with Crippen molar-refractivity contribution in [3.05, 3.63) is 0 Å². The van der Waals surface area contributed by atoms with Crippen LogP contribution in [-0.2, 0) is 0 Å². The van der Waals surface area contributed by atoms with E-state index < -0.39 is 0 Å². The van der Waals surface area contributed by atoms with Crippen molar-refractivity contribution < 1.29 is 5.11 Å². The third-order valence-electron chi connectivity index (χ3n) is 4.16. The summed E-state index contributed by atoms with van der Waals surface area (Å²) in [5.41, 5.74) is 0. The second kappa shape index (κ2) is 5.48. The lowest BCUT2D eigenvalue weighted by Crippen LogP contribution is -2.52. The van der Waals surface area contributed by atoms with Gasteiger partial charge in [0.15, 0.2) is 0 Å². The summed E-state index contributed by atoms with van der Waals surface area (Å²) in [6.45, 7) is 1.19. The molecule has 2 rings (SSSR count). The number of aliphatic hydroxyl groups is 1. The van der Waals surface area contributed by atoms with Gasteiger partial charge in [0.1, 0.15) is 0 Å². The Kier molecular flexibility index (Phi) is 4.22. The first kappa shape index (κ1) is 12.3. The van der Waals surface area contributed by atoms with Gasteiger partial charge in [-0.15, -0.1) is 0 Å². The first-order valence-corrected chi connectivity index (χ1v) is 6.77. The smallest absolute Gasteiger partial charge is 0.0558 e. The number of aliphatic hydroxyl groups excluding tert-OH is 1.